The number of benzene rings is 1. The Hall–Kier alpha value is -2.40. The minimum atomic E-state index is 0.00211. The lowest BCUT2D eigenvalue weighted by atomic mass is 9.97. The van der Waals surface area contributed by atoms with Crippen LogP contribution in [0, 0.1) is 0 Å². The maximum atomic E-state index is 12.6. The predicted octanol–water partition coefficient (Wildman–Crippen LogP) is 3.59. The van der Waals surface area contributed by atoms with Gasteiger partial charge in [-0.25, -0.2) is 0 Å². The zero-order chi connectivity index (χ0) is 20.4. The maximum Gasteiger partial charge on any atom is 0.272 e. The molecule has 1 aromatic carbocycles. The number of rotatable bonds is 5. The summed E-state index contributed by atoms with van der Waals surface area (Å²) in [5, 5.41) is 0. The van der Waals surface area contributed by atoms with Gasteiger partial charge in [-0.3, -0.25) is 9.78 Å². The van der Waals surface area contributed by atoms with E-state index in [1.807, 2.05) is 24.1 Å². The third-order valence-corrected chi connectivity index (χ3v) is 6.59. The summed E-state index contributed by atoms with van der Waals surface area (Å²) in [6.07, 6.45) is 3.85. The van der Waals surface area contributed by atoms with E-state index in [4.69, 9.17) is 0 Å². The average molecular weight is 393 g/mol. The van der Waals surface area contributed by atoms with Gasteiger partial charge in [0.05, 0.1) is 0 Å². The summed E-state index contributed by atoms with van der Waals surface area (Å²) >= 11 is 0. The predicted molar refractivity (Wildman–Crippen MR) is 118 cm³/mol. The number of hydrogen-bond donors (Lipinski definition) is 0. The van der Waals surface area contributed by atoms with Gasteiger partial charge in [-0.2, -0.15) is 0 Å². The van der Waals surface area contributed by atoms with Crippen molar-refractivity contribution in [1.82, 2.24) is 14.8 Å². The normalized spacial score (nSPS) is 21.8. The molecule has 0 unspecified atom stereocenters. The number of aromatic nitrogens is 1. The number of nitrogens with zero attached hydrogens (tertiary/aromatic N) is 4. The van der Waals surface area contributed by atoms with E-state index in [2.05, 4.69) is 47.0 Å². The fourth-order valence-electron chi connectivity index (χ4n) is 4.71. The highest BCUT2D eigenvalue weighted by Gasteiger charge is 2.29. The summed E-state index contributed by atoms with van der Waals surface area (Å²) in [5.74, 6) is 1.11. The first-order chi connectivity index (χ1) is 14.0. The molecule has 4 rings (SSSR count). The lowest BCUT2D eigenvalue weighted by Gasteiger charge is -2.34. The van der Waals surface area contributed by atoms with Crippen LogP contribution in [-0.4, -0.2) is 67.5 Å². The van der Waals surface area contributed by atoms with E-state index in [1.165, 1.54) is 23.2 Å². The van der Waals surface area contributed by atoms with Crippen LogP contribution in [-0.2, 0) is 0 Å². The zero-order valence-electron chi connectivity index (χ0n) is 17.8. The monoisotopic (exact) mass is 392 g/mol. The minimum Gasteiger partial charge on any atom is -0.369 e. The third-order valence-electron chi connectivity index (χ3n) is 6.59. The Bertz CT molecular complexity index is 845. The molecular formula is C24H32N4O. The van der Waals surface area contributed by atoms with E-state index < -0.39 is 0 Å². The number of fused-ring (bicyclic) bond motifs is 1. The quantitative estimate of drug-likeness (QED) is 0.780. The first-order valence-electron chi connectivity index (χ1n) is 10.8. The molecule has 1 amide bonds. The van der Waals surface area contributed by atoms with E-state index in [0.717, 1.165) is 39.1 Å². The highest BCUT2D eigenvalue weighted by molar-refractivity contribution is 5.92. The second kappa shape index (κ2) is 8.54. The number of hydrogen-bond acceptors (Lipinski definition) is 4. The van der Waals surface area contributed by atoms with Gasteiger partial charge in [-0.1, -0.05) is 19.1 Å². The van der Waals surface area contributed by atoms with Crippen LogP contribution in [0.3, 0.4) is 0 Å². The molecule has 2 heterocycles. The Morgan fingerprint density at radius 1 is 1.14 bits per heavy atom. The minimum absolute atomic E-state index is 0.00211. The molecule has 1 saturated heterocycles. The average Bonchev–Trinajstić information content (AvgIpc) is 3.07. The van der Waals surface area contributed by atoms with Gasteiger partial charge in [-0.05, 0) is 67.1 Å². The van der Waals surface area contributed by atoms with Crippen molar-refractivity contribution in [3.63, 3.8) is 0 Å². The van der Waals surface area contributed by atoms with Gasteiger partial charge in [0.15, 0.2) is 0 Å². The molecule has 2 aromatic rings. The van der Waals surface area contributed by atoms with Crippen LogP contribution in [0.15, 0.2) is 42.6 Å². The molecule has 1 fully saturated rings. The van der Waals surface area contributed by atoms with Gasteiger partial charge in [0.1, 0.15) is 5.69 Å². The lowest BCUT2D eigenvalue weighted by Crippen LogP contribution is -2.44. The molecular weight excluding hydrogens is 360 g/mol. The van der Waals surface area contributed by atoms with Crippen molar-refractivity contribution < 1.29 is 4.79 Å². The molecule has 29 heavy (non-hydrogen) atoms. The Balaban J connectivity index is 1.40. The van der Waals surface area contributed by atoms with Crippen LogP contribution >= 0.6 is 0 Å². The van der Waals surface area contributed by atoms with Gasteiger partial charge in [0.2, 0.25) is 0 Å². The first kappa shape index (κ1) is 19.9. The first-order valence-corrected chi connectivity index (χ1v) is 10.8. The lowest BCUT2D eigenvalue weighted by molar-refractivity contribution is 0.0785. The number of anilines is 1. The van der Waals surface area contributed by atoms with E-state index in [1.54, 1.807) is 12.3 Å². The summed E-state index contributed by atoms with van der Waals surface area (Å²) in [6.45, 7) is 7.57. The number of amides is 1. The maximum absolute atomic E-state index is 12.6. The number of likely N-dealkylation sites (N-methyl/N-ethyl adjacent to an activating group) is 1. The van der Waals surface area contributed by atoms with Crippen LogP contribution in [0.5, 0.6) is 0 Å². The Morgan fingerprint density at radius 3 is 2.66 bits per heavy atom. The van der Waals surface area contributed by atoms with Gasteiger partial charge >= 0.3 is 0 Å². The van der Waals surface area contributed by atoms with E-state index in [9.17, 15) is 4.79 Å². The van der Waals surface area contributed by atoms with Crippen molar-refractivity contribution in [2.45, 2.75) is 31.6 Å². The molecule has 2 atom stereocenters. The van der Waals surface area contributed by atoms with Gasteiger partial charge < -0.3 is 14.7 Å². The summed E-state index contributed by atoms with van der Waals surface area (Å²) in [6, 6.07) is 12.6. The molecule has 5 heteroatoms. The SMILES string of the molecule is C[C@@H]1C[C@@H](CCN(C)C(=O)c2ccccn2)c2ccc(N3CCN(C)CC3)cc21. The standard InChI is InChI=1S/C24H32N4O/c1-18-16-19(9-11-27(3)24(29)23-6-4-5-10-25-23)21-8-7-20(17-22(18)21)28-14-12-26(2)13-15-28/h4-8,10,17-19H,9,11-16H2,1-3H3/t18-,19-/m1/s1. The van der Waals surface area contributed by atoms with Crippen LogP contribution in [0.1, 0.15) is 53.2 Å². The van der Waals surface area contributed by atoms with E-state index in [-0.39, 0.29) is 5.91 Å². The fraction of sp³-hybridized carbons (Fsp3) is 0.500. The number of piperazine rings is 1. The van der Waals surface area contributed by atoms with Gasteiger partial charge in [0, 0.05) is 51.7 Å². The molecule has 5 nitrogen and oxygen atoms in total. The van der Waals surface area contributed by atoms with Gasteiger partial charge in [-0.15, -0.1) is 0 Å². The van der Waals surface area contributed by atoms with Crippen molar-refractivity contribution >= 4 is 11.6 Å². The molecule has 1 aliphatic carbocycles. The van der Waals surface area contributed by atoms with Crippen molar-refractivity contribution in [3.05, 3.63) is 59.4 Å². The van der Waals surface area contributed by atoms with Crippen molar-refractivity contribution in [2.24, 2.45) is 0 Å². The molecule has 0 saturated carbocycles. The molecule has 0 spiro atoms. The zero-order valence-corrected chi connectivity index (χ0v) is 17.8. The molecule has 1 aromatic heterocycles. The van der Waals surface area contributed by atoms with Crippen LogP contribution in [0.4, 0.5) is 5.69 Å². The van der Waals surface area contributed by atoms with Crippen LogP contribution < -0.4 is 4.90 Å². The summed E-state index contributed by atoms with van der Waals surface area (Å²) in [7, 11) is 4.08. The summed E-state index contributed by atoms with van der Waals surface area (Å²) in [4.78, 5) is 23.5. The van der Waals surface area contributed by atoms with Crippen molar-refractivity contribution in [3.8, 4) is 0 Å². The topological polar surface area (TPSA) is 39.7 Å². The smallest absolute Gasteiger partial charge is 0.272 e. The molecule has 154 valence electrons. The third kappa shape index (κ3) is 4.30. The Labute approximate surface area is 174 Å². The van der Waals surface area contributed by atoms with Crippen molar-refractivity contribution in [2.75, 3.05) is 51.7 Å². The van der Waals surface area contributed by atoms with E-state index >= 15 is 0 Å². The molecule has 1 aliphatic heterocycles. The highest BCUT2D eigenvalue weighted by Crippen LogP contribution is 2.44. The van der Waals surface area contributed by atoms with E-state index in [0.29, 0.717) is 17.5 Å². The largest absolute Gasteiger partial charge is 0.369 e. The summed E-state index contributed by atoms with van der Waals surface area (Å²) in [5.41, 5.74) is 4.87. The second-order valence-corrected chi connectivity index (χ2v) is 8.67. The summed E-state index contributed by atoms with van der Waals surface area (Å²) < 4.78 is 0. The fourth-order valence-corrected chi connectivity index (χ4v) is 4.71. The number of carbonyl (C=O) groups excluding carboxylic acids is 1. The van der Waals surface area contributed by atoms with Gasteiger partial charge in [0.25, 0.3) is 5.91 Å². The van der Waals surface area contributed by atoms with Crippen LogP contribution in [0.25, 0.3) is 0 Å². The Morgan fingerprint density at radius 2 is 1.93 bits per heavy atom. The number of pyridine rings is 1. The molecule has 2 aliphatic rings. The molecule has 0 N–H and O–H groups in total. The number of carbonyl (C=O) groups is 1. The second-order valence-electron chi connectivity index (χ2n) is 8.67. The molecule has 0 bridgehead atoms. The van der Waals surface area contributed by atoms with Crippen molar-refractivity contribution in [1.29, 1.82) is 0 Å². The van der Waals surface area contributed by atoms with Crippen LogP contribution in [0.2, 0.25) is 0 Å². The Kier molecular flexibility index (Phi) is 5.86. The highest BCUT2D eigenvalue weighted by atomic mass is 16.2. The molecule has 0 radical (unpaired) electrons.